The Bertz CT molecular complexity index is 1320. The number of esters is 1. The van der Waals surface area contributed by atoms with E-state index in [1.165, 1.54) is 96.3 Å². The summed E-state index contributed by atoms with van der Waals surface area (Å²) in [6, 6.07) is 0. The summed E-state index contributed by atoms with van der Waals surface area (Å²) >= 11 is 0. The Morgan fingerprint density at radius 1 is 0.500 bits per heavy atom. The highest BCUT2D eigenvalue weighted by Gasteiger charge is 2.51. The first-order valence-electron chi connectivity index (χ1n) is 26.1. The molecule has 0 amide bonds. The maximum atomic E-state index is 12.9. The number of ether oxygens (including phenoxy) is 2. The van der Waals surface area contributed by atoms with E-state index in [-0.39, 0.29) is 13.0 Å². The Morgan fingerprint density at radius 3 is 1.36 bits per heavy atom. The van der Waals surface area contributed by atoms with Gasteiger partial charge in [-0.2, -0.15) is 0 Å². The lowest BCUT2D eigenvalue weighted by molar-refractivity contribution is -0.220. The van der Waals surface area contributed by atoms with Crippen LogP contribution in [0.1, 0.15) is 206 Å². The molecule has 1 fully saturated rings. The number of hydrogen-bond acceptors (Lipinski definition) is 11. The van der Waals surface area contributed by atoms with Gasteiger partial charge in [0.15, 0.2) is 0 Å². The number of unbranched alkanes of at least 4 members (excludes halogenated alkanes) is 22. The second-order valence-electron chi connectivity index (χ2n) is 18.0. The fourth-order valence-electron chi connectivity index (χ4n) is 7.80. The molecule has 0 aromatic heterocycles. The van der Waals surface area contributed by atoms with Gasteiger partial charge in [0.25, 0.3) is 0 Å². The average Bonchev–Trinajstić information content (AvgIpc) is 3.30. The van der Waals surface area contributed by atoms with Gasteiger partial charge in [-0.05, 0) is 57.8 Å². The molecule has 6 unspecified atom stereocenters. The van der Waals surface area contributed by atoms with Gasteiger partial charge in [0.1, 0.15) is 42.7 Å². The van der Waals surface area contributed by atoms with Crippen molar-refractivity contribution < 1.29 is 58.3 Å². The zero-order chi connectivity index (χ0) is 48.4. The fraction of sp³-hybridized carbons (Fsp3) is 0.792. The third-order valence-corrected chi connectivity index (χ3v) is 12.9. The van der Waals surface area contributed by atoms with Crippen molar-refractivity contribution >= 4 is 13.8 Å². The second kappa shape index (κ2) is 43.1. The minimum absolute atomic E-state index is 0.0940. The molecule has 1 saturated carbocycles. The first kappa shape index (κ1) is 62.1. The molecule has 384 valence electrons. The SMILES string of the molecule is CC/C=C\C/C=C\C/C=C\C/C=C\C/C=C\CCCCCCOCC(COP(=O)(O)OC1C(O)C(O)C(O)C(O)C1O)OC(=O)CCCCCCCCCCCCCCCCCCCCC. The van der Waals surface area contributed by atoms with Gasteiger partial charge < -0.3 is 39.9 Å². The van der Waals surface area contributed by atoms with Crippen LogP contribution in [0.15, 0.2) is 60.8 Å². The van der Waals surface area contributed by atoms with Gasteiger partial charge in [0.05, 0.1) is 13.2 Å². The van der Waals surface area contributed by atoms with Gasteiger partial charge in [-0.1, -0.05) is 203 Å². The molecule has 0 saturated heterocycles. The molecule has 0 aromatic carbocycles. The Labute approximate surface area is 400 Å². The molecule has 1 rings (SSSR count). The lowest BCUT2D eigenvalue weighted by Gasteiger charge is -2.41. The standard InChI is InChI=1S/C53H95O12P/c1-3-5-7-9-11-13-15-17-19-21-23-25-27-29-31-33-35-37-39-41-43-62-44-46(45-63-66(60,61)65-53-51(58)49(56)48(55)50(57)52(53)59)64-47(54)42-40-38-36-34-32-30-28-26-24-22-20-18-16-14-12-10-8-6-4-2/h5,7,11,13,17,19,23,25,29,31,46,48-53,55-59H,3-4,6,8-10,12,14-16,18,20-22,24,26-28,30,32-45H2,1-2H3,(H,60,61)/b7-5-,13-11-,19-17-,25-23-,31-29-. The van der Waals surface area contributed by atoms with E-state index in [1.54, 1.807) is 0 Å². The third kappa shape index (κ3) is 34.3. The highest BCUT2D eigenvalue weighted by Crippen LogP contribution is 2.47. The topological polar surface area (TPSA) is 192 Å². The molecule has 0 bridgehead atoms. The molecule has 0 aliphatic heterocycles. The van der Waals surface area contributed by atoms with Crippen molar-refractivity contribution in [1.29, 1.82) is 0 Å². The summed E-state index contributed by atoms with van der Waals surface area (Å²) in [5, 5.41) is 50.3. The molecule has 6 atom stereocenters. The molecule has 1 aliphatic carbocycles. The van der Waals surface area contributed by atoms with Crippen LogP contribution in [-0.4, -0.2) is 98.9 Å². The van der Waals surface area contributed by atoms with Gasteiger partial charge >= 0.3 is 13.8 Å². The molecule has 6 N–H and O–H groups in total. The minimum Gasteiger partial charge on any atom is -0.457 e. The van der Waals surface area contributed by atoms with Gasteiger partial charge in [0.2, 0.25) is 0 Å². The predicted molar refractivity (Wildman–Crippen MR) is 267 cm³/mol. The van der Waals surface area contributed by atoms with E-state index in [0.717, 1.165) is 83.5 Å². The first-order valence-corrected chi connectivity index (χ1v) is 27.6. The Hall–Kier alpha value is -1.96. The Kier molecular flexibility index (Phi) is 40.5. The molecule has 1 aliphatic rings. The average molecular weight is 955 g/mol. The highest BCUT2D eigenvalue weighted by atomic mass is 31.2. The van der Waals surface area contributed by atoms with E-state index in [9.17, 15) is 39.8 Å². The normalized spacial score (nSPS) is 21.9. The predicted octanol–water partition coefficient (Wildman–Crippen LogP) is 11.8. The number of carbonyl (C=O) groups excluding carboxylic acids is 1. The van der Waals surface area contributed by atoms with Crippen LogP contribution in [0.25, 0.3) is 0 Å². The molecule has 0 heterocycles. The van der Waals surface area contributed by atoms with Crippen LogP contribution in [0.4, 0.5) is 0 Å². The highest BCUT2D eigenvalue weighted by molar-refractivity contribution is 7.47. The summed E-state index contributed by atoms with van der Waals surface area (Å²) in [5.41, 5.74) is 0. The van der Waals surface area contributed by atoms with Gasteiger partial charge in [0, 0.05) is 13.0 Å². The number of rotatable bonds is 44. The number of aliphatic hydroxyl groups excluding tert-OH is 5. The summed E-state index contributed by atoms with van der Waals surface area (Å²) < 4.78 is 34.3. The lowest BCUT2D eigenvalue weighted by atomic mass is 9.85. The van der Waals surface area contributed by atoms with E-state index in [0.29, 0.717) is 13.0 Å². The molecule has 0 radical (unpaired) electrons. The quantitative estimate of drug-likeness (QED) is 0.0147. The summed E-state index contributed by atoms with van der Waals surface area (Å²) in [6.07, 6.45) is 42.8. The monoisotopic (exact) mass is 955 g/mol. The number of phosphoric ester groups is 1. The van der Waals surface area contributed by atoms with Gasteiger partial charge in [-0.15, -0.1) is 0 Å². The second-order valence-corrected chi connectivity index (χ2v) is 19.4. The zero-order valence-corrected chi connectivity index (χ0v) is 42.1. The molecule has 12 nitrogen and oxygen atoms in total. The van der Waals surface area contributed by atoms with Crippen molar-refractivity contribution in [2.24, 2.45) is 0 Å². The summed E-state index contributed by atoms with van der Waals surface area (Å²) in [4.78, 5) is 23.3. The van der Waals surface area contributed by atoms with Gasteiger partial charge in [-0.3, -0.25) is 13.8 Å². The maximum absolute atomic E-state index is 12.9. The van der Waals surface area contributed by atoms with Crippen molar-refractivity contribution in [3.63, 3.8) is 0 Å². The summed E-state index contributed by atoms with van der Waals surface area (Å²) in [7, 11) is -5.03. The van der Waals surface area contributed by atoms with Crippen LogP contribution in [0.3, 0.4) is 0 Å². The fourth-order valence-corrected chi connectivity index (χ4v) is 8.77. The van der Waals surface area contributed by atoms with Crippen molar-refractivity contribution in [3.8, 4) is 0 Å². The number of allylic oxidation sites excluding steroid dienone is 10. The largest absolute Gasteiger partial charge is 0.472 e. The van der Waals surface area contributed by atoms with E-state index in [2.05, 4.69) is 74.6 Å². The van der Waals surface area contributed by atoms with Crippen LogP contribution in [0, 0.1) is 0 Å². The van der Waals surface area contributed by atoms with E-state index in [1.807, 2.05) is 0 Å². The van der Waals surface area contributed by atoms with Crippen LogP contribution in [0.5, 0.6) is 0 Å². The number of carbonyl (C=O) groups is 1. The first-order chi connectivity index (χ1) is 32.0. The lowest BCUT2D eigenvalue weighted by Crippen LogP contribution is -2.64. The van der Waals surface area contributed by atoms with Crippen LogP contribution in [-0.2, 0) is 27.9 Å². The molecular weight excluding hydrogens is 860 g/mol. The maximum Gasteiger partial charge on any atom is 0.472 e. The number of aliphatic hydroxyl groups is 5. The number of phosphoric acid groups is 1. The number of hydrogen-bond donors (Lipinski definition) is 6. The smallest absolute Gasteiger partial charge is 0.457 e. The summed E-state index contributed by atoms with van der Waals surface area (Å²) in [5.74, 6) is -0.485. The molecular formula is C53H95O12P. The van der Waals surface area contributed by atoms with Crippen molar-refractivity contribution in [1.82, 2.24) is 0 Å². The molecule has 0 spiro atoms. The van der Waals surface area contributed by atoms with E-state index < -0.39 is 63.1 Å². The minimum atomic E-state index is -5.03. The third-order valence-electron chi connectivity index (χ3n) is 11.9. The molecule has 66 heavy (non-hydrogen) atoms. The van der Waals surface area contributed by atoms with Crippen LogP contribution >= 0.6 is 7.82 Å². The van der Waals surface area contributed by atoms with E-state index in [4.69, 9.17) is 18.5 Å². The van der Waals surface area contributed by atoms with Crippen LogP contribution in [0.2, 0.25) is 0 Å². The van der Waals surface area contributed by atoms with Gasteiger partial charge in [-0.25, -0.2) is 4.57 Å². The van der Waals surface area contributed by atoms with E-state index >= 15 is 0 Å². The summed E-state index contributed by atoms with van der Waals surface area (Å²) in [6.45, 7) is 4.11. The molecule has 13 heteroatoms. The zero-order valence-electron chi connectivity index (χ0n) is 41.2. The van der Waals surface area contributed by atoms with Crippen molar-refractivity contribution in [2.75, 3.05) is 19.8 Å². The Balaban J connectivity index is 2.36. The Morgan fingerprint density at radius 2 is 0.894 bits per heavy atom. The van der Waals surface area contributed by atoms with Crippen LogP contribution < -0.4 is 0 Å². The molecule has 0 aromatic rings. The van der Waals surface area contributed by atoms with Crippen molar-refractivity contribution in [3.05, 3.63) is 60.8 Å². The van der Waals surface area contributed by atoms with Crippen molar-refractivity contribution in [2.45, 2.75) is 249 Å².